The van der Waals surface area contributed by atoms with Crippen LogP contribution >= 0.6 is 0 Å². The molecule has 0 aliphatic carbocycles. The van der Waals surface area contributed by atoms with E-state index in [0.717, 1.165) is 0 Å². The fourth-order valence-electron chi connectivity index (χ4n) is 1.47. The van der Waals surface area contributed by atoms with Gasteiger partial charge in [0.25, 0.3) is 5.91 Å². The third-order valence-corrected chi connectivity index (χ3v) is 2.40. The maximum absolute atomic E-state index is 13.3. The Balaban J connectivity index is 2.06. The van der Waals surface area contributed by atoms with E-state index in [2.05, 4.69) is 10.3 Å². The van der Waals surface area contributed by atoms with Crippen LogP contribution in [0.5, 0.6) is 5.75 Å². The quantitative estimate of drug-likeness (QED) is 0.868. The highest BCUT2D eigenvalue weighted by Gasteiger charge is 2.12. The number of aromatic nitrogens is 1. The molecule has 4 nitrogen and oxygen atoms in total. The van der Waals surface area contributed by atoms with Crippen molar-refractivity contribution >= 4 is 5.91 Å². The smallest absolute Gasteiger partial charge is 0.274 e. The highest BCUT2D eigenvalue weighted by molar-refractivity contribution is 5.94. The predicted molar refractivity (Wildman–Crippen MR) is 63.5 cm³/mol. The Morgan fingerprint density at radius 3 is 2.78 bits per heavy atom. The Morgan fingerprint density at radius 1 is 1.28 bits per heavy atom. The van der Waals surface area contributed by atoms with Crippen LogP contribution in [0.3, 0.4) is 0 Å². The van der Waals surface area contributed by atoms with Gasteiger partial charge in [-0.2, -0.15) is 0 Å². The van der Waals surface area contributed by atoms with Crippen molar-refractivity contribution in [1.82, 2.24) is 10.3 Å². The van der Waals surface area contributed by atoms with Crippen molar-refractivity contribution < 1.29 is 14.3 Å². The standard InChI is InChI=1S/C13H11FN2O2/c14-10-5-2-1-4-9(10)8-16-13(18)12-11(17)6-3-7-15-12/h1-7,17H,8H2,(H,16,18). The first-order valence-corrected chi connectivity index (χ1v) is 5.34. The van der Waals surface area contributed by atoms with Crippen LogP contribution in [0.4, 0.5) is 4.39 Å². The van der Waals surface area contributed by atoms with E-state index in [4.69, 9.17) is 0 Å². The van der Waals surface area contributed by atoms with Gasteiger partial charge < -0.3 is 10.4 Å². The zero-order chi connectivity index (χ0) is 13.0. The Bertz CT molecular complexity index is 572. The van der Waals surface area contributed by atoms with Gasteiger partial charge in [-0.3, -0.25) is 4.79 Å². The molecule has 0 fully saturated rings. The van der Waals surface area contributed by atoms with Crippen molar-refractivity contribution in [2.45, 2.75) is 6.54 Å². The molecule has 2 rings (SSSR count). The number of hydrogen-bond donors (Lipinski definition) is 2. The van der Waals surface area contributed by atoms with Crippen molar-refractivity contribution in [2.75, 3.05) is 0 Å². The topological polar surface area (TPSA) is 62.2 Å². The first-order chi connectivity index (χ1) is 8.68. The fraction of sp³-hybridized carbons (Fsp3) is 0.0769. The van der Waals surface area contributed by atoms with Crippen molar-refractivity contribution in [3.63, 3.8) is 0 Å². The lowest BCUT2D eigenvalue weighted by atomic mass is 10.2. The number of aromatic hydroxyl groups is 1. The van der Waals surface area contributed by atoms with E-state index in [1.165, 1.54) is 24.4 Å². The lowest BCUT2D eigenvalue weighted by molar-refractivity contribution is 0.0942. The average Bonchev–Trinajstić information content (AvgIpc) is 2.38. The summed E-state index contributed by atoms with van der Waals surface area (Å²) in [6, 6.07) is 9.04. The first kappa shape index (κ1) is 12.0. The van der Waals surface area contributed by atoms with E-state index in [1.54, 1.807) is 18.2 Å². The third kappa shape index (κ3) is 2.63. The Labute approximate surface area is 103 Å². The van der Waals surface area contributed by atoms with E-state index in [1.807, 2.05) is 0 Å². The molecular formula is C13H11FN2O2. The minimum absolute atomic E-state index is 0.0432. The van der Waals surface area contributed by atoms with Crippen molar-refractivity contribution in [2.24, 2.45) is 0 Å². The highest BCUT2D eigenvalue weighted by atomic mass is 19.1. The molecular weight excluding hydrogens is 235 g/mol. The Kier molecular flexibility index (Phi) is 3.52. The third-order valence-electron chi connectivity index (χ3n) is 2.40. The van der Waals surface area contributed by atoms with E-state index in [0.29, 0.717) is 5.56 Å². The number of benzene rings is 1. The van der Waals surface area contributed by atoms with Crippen molar-refractivity contribution in [1.29, 1.82) is 0 Å². The molecule has 0 spiro atoms. The lowest BCUT2D eigenvalue weighted by Gasteiger charge is -2.06. The van der Waals surface area contributed by atoms with Gasteiger partial charge in [-0.1, -0.05) is 18.2 Å². The van der Waals surface area contributed by atoms with Gasteiger partial charge in [0.05, 0.1) is 0 Å². The summed E-state index contributed by atoms with van der Waals surface area (Å²) < 4.78 is 13.3. The van der Waals surface area contributed by atoms with E-state index in [9.17, 15) is 14.3 Å². The summed E-state index contributed by atoms with van der Waals surface area (Å²) >= 11 is 0. The Hall–Kier alpha value is -2.43. The van der Waals surface area contributed by atoms with E-state index >= 15 is 0 Å². The second-order valence-electron chi connectivity index (χ2n) is 3.65. The normalized spacial score (nSPS) is 10.1. The van der Waals surface area contributed by atoms with Crippen molar-refractivity contribution in [3.8, 4) is 5.75 Å². The minimum Gasteiger partial charge on any atom is -0.505 e. The van der Waals surface area contributed by atoms with Crippen LogP contribution in [0.1, 0.15) is 16.1 Å². The van der Waals surface area contributed by atoms with Gasteiger partial charge in [-0.15, -0.1) is 0 Å². The minimum atomic E-state index is -0.545. The molecule has 1 heterocycles. The summed E-state index contributed by atoms with van der Waals surface area (Å²) in [4.78, 5) is 15.5. The van der Waals surface area contributed by atoms with Gasteiger partial charge in [0.15, 0.2) is 5.69 Å². The highest BCUT2D eigenvalue weighted by Crippen LogP contribution is 2.12. The average molecular weight is 246 g/mol. The predicted octanol–water partition coefficient (Wildman–Crippen LogP) is 1.86. The zero-order valence-electron chi connectivity index (χ0n) is 9.43. The molecule has 0 saturated heterocycles. The maximum Gasteiger partial charge on any atom is 0.274 e. The van der Waals surface area contributed by atoms with Crippen molar-refractivity contribution in [3.05, 3.63) is 59.7 Å². The van der Waals surface area contributed by atoms with Crippen LogP contribution in [0.2, 0.25) is 0 Å². The molecule has 0 bridgehead atoms. The summed E-state index contributed by atoms with van der Waals surface area (Å²) in [5.74, 6) is -1.14. The number of nitrogens with zero attached hydrogens (tertiary/aromatic N) is 1. The molecule has 0 aliphatic rings. The molecule has 92 valence electrons. The summed E-state index contributed by atoms with van der Waals surface area (Å²) in [7, 11) is 0. The lowest BCUT2D eigenvalue weighted by Crippen LogP contribution is -2.24. The number of carbonyl (C=O) groups is 1. The molecule has 18 heavy (non-hydrogen) atoms. The molecule has 2 aromatic rings. The fourth-order valence-corrected chi connectivity index (χ4v) is 1.47. The summed E-state index contributed by atoms with van der Waals surface area (Å²) in [6.07, 6.45) is 1.40. The van der Waals surface area contributed by atoms with Crippen LogP contribution in [0, 0.1) is 5.82 Å². The number of nitrogens with one attached hydrogen (secondary N) is 1. The molecule has 0 aliphatic heterocycles. The molecule has 0 unspecified atom stereocenters. The molecule has 1 amide bonds. The van der Waals surface area contributed by atoms with Crippen LogP contribution in [-0.2, 0) is 6.54 Å². The summed E-state index contributed by atoms with van der Waals surface area (Å²) in [6.45, 7) is 0.0432. The number of halogens is 1. The second-order valence-corrected chi connectivity index (χ2v) is 3.65. The molecule has 0 saturated carbocycles. The molecule has 1 aromatic carbocycles. The van der Waals surface area contributed by atoms with Gasteiger partial charge in [0, 0.05) is 18.3 Å². The number of carbonyl (C=O) groups excluding carboxylic acids is 1. The largest absolute Gasteiger partial charge is 0.505 e. The number of rotatable bonds is 3. The molecule has 0 radical (unpaired) electrons. The van der Waals surface area contributed by atoms with Gasteiger partial charge >= 0.3 is 0 Å². The van der Waals surface area contributed by atoms with Crippen LogP contribution in [0.25, 0.3) is 0 Å². The van der Waals surface area contributed by atoms with Crippen LogP contribution in [-0.4, -0.2) is 16.0 Å². The zero-order valence-corrected chi connectivity index (χ0v) is 9.43. The van der Waals surface area contributed by atoms with E-state index < -0.39 is 5.91 Å². The number of pyridine rings is 1. The molecule has 0 atom stereocenters. The van der Waals surface area contributed by atoms with Crippen LogP contribution in [0.15, 0.2) is 42.6 Å². The molecule has 5 heteroatoms. The molecule has 1 aromatic heterocycles. The number of hydrogen-bond acceptors (Lipinski definition) is 3. The first-order valence-electron chi connectivity index (χ1n) is 5.34. The number of amides is 1. The van der Waals surface area contributed by atoms with Gasteiger partial charge in [0.1, 0.15) is 11.6 Å². The Morgan fingerprint density at radius 2 is 2.06 bits per heavy atom. The SMILES string of the molecule is O=C(NCc1ccccc1F)c1ncccc1O. The monoisotopic (exact) mass is 246 g/mol. The molecule has 2 N–H and O–H groups in total. The summed E-state index contributed by atoms with van der Waals surface area (Å²) in [5, 5.41) is 11.9. The summed E-state index contributed by atoms with van der Waals surface area (Å²) in [5.41, 5.74) is 0.301. The van der Waals surface area contributed by atoms with E-state index in [-0.39, 0.29) is 23.8 Å². The van der Waals surface area contributed by atoms with Gasteiger partial charge in [0.2, 0.25) is 0 Å². The second kappa shape index (κ2) is 5.27. The van der Waals surface area contributed by atoms with Gasteiger partial charge in [-0.25, -0.2) is 9.37 Å². The van der Waals surface area contributed by atoms with Gasteiger partial charge in [-0.05, 0) is 18.2 Å². The van der Waals surface area contributed by atoms with Crippen LogP contribution < -0.4 is 5.32 Å². The maximum atomic E-state index is 13.3.